The average Bonchev–Trinajstić information content (AvgIpc) is 2.05. The Morgan fingerprint density at radius 2 is 2.33 bits per heavy atom. The summed E-state index contributed by atoms with van der Waals surface area (Å²) in [5.41, 5.74) is -0.0236. The molecule has 12 heavy (non-hydrogen) atoms. The van der Waals surface area contributed by atoms with E-state index in [1.807, 2.05) is 0 Å². The number of aldehydes is 1. The van der Waals surface area contributed by atoms with Crippen LogP contribution < -0.4 is 0 Å². The Labute approximate surface area is 75.7 Å². The highest BCUT2D eigenvalue weighted by Gasteiger charge is 2.09. The lowest BCUT2D eigenvalue weighted by Crippen LogP contribution is -1.92. The molecule has 0 radical (unpaired) electrons. The minimum Gasteiger partial charge on any atom is -0.298 e. The second kappa shape index (κ2) is 3.40. The molecule has 0 N–H and O–H groups in total. The first-order valence-corrected chi connectivity index (χ1v) is 3.69. The molecule has 1 heterocycles. The lowest BCUT2D eigenvalue weighted by molar-refractivity contribution is -0.385. The number of nitro groups is 1. The highest BCUT2D eigenvalue weighted by Crippen LogP contribution is 2.17. The van der Waals surface area contributed by atoms with Gasteiger partial charge in [-0.15, -0.1) is 0 Å². The maximum Gasteiger partial charge on any atom is 0.288 e. The van der Waals surface area contributed by atoms with Crippen molar-refractivity contribution < 1.29 is 9.72 Å². The van der Waals surface area contributed by atoms with Crippen molar-refractivity contribution in [1.29, 1.82) is 0 Å². The lowest BCUT2D eigenvalue weighted by Gasteiger charge is -1.93. The maximum absolute atomic E-state index is 10.3. The summed E-state index contributed by atoms with van der Waals surface area (Å²) in [7, 11) is 0. The fraction of sp³-hybridized carbons (Fsp3) is 0. The number of carbonyl (C=O) groups is 1. The smallest absolute Gasteiger partial charge is 0.288 e. The summed E-state index contributed by atoms with van der Waals surface area (Å²) in [6, 6.07) is 1.16. The fourth-order valence-electron chi connectivity index (χ4n) is 0.636. The van der Waals surface area contributed by atoms with Gasteiger partial charge in [-0.2, -0.15) is 0 Å². The predicted octanol–water partition coefficient (Wildman–Crippen LogP) is 1.56. The number of aromatic nitrogens is 1. The third-order valence-electron chi connectivity index (χ3n) is 1.19. The van der Waals surface area contributed by atoms with Crippen LogP contribution in [0.3, 0.4) is 0 Å². The van der Waals surface area contributed by atoms with E-state index in [9.17, 15) is 14.9 Å². The average molecular weight is 231 g/mol. The monoisotopic (exact) mass is 230 g/mol. The zero-order chi connectivity index (χ0) is 9.14. The number of halogens is 1. The summed E-state index contributed by atoms with van der Waals surface area (Å²) in [4.78, 5) is 23.5. The molecule has 0 spiro atoms. The highest BCUT2D eigenvalue weighted by molar-refractivity contribution is 9.10. The molecule has 62 valence electrons. The third kappa shape index (κ3) is 1.65. The van der Waals surface area contributed by atoms with Gasteiger partial charge in [0.1, 0.15) is 10.8 Å². The molecule has 0 atom stereocenters. The van der Waals surface area contributed by atoms with Gasteiger partial charge in [-0.1, -0.05) is 0 Å². The van der Waals surface area contributed by atoms with Crippen LogP contribution in [0, 0.1) is 10.1 Å². The molecule has 0 aliphatic carbocycles. The summed E-state index contributed by atoms with van der Waals surface area (Å²) >= 11 is 2.97. The minimum atomic E-state index is -0.605. The van der Waals surface area contributed by atoms with Crippen molar-refractivity contribution in [2.24, 2.45) is 0 Å². The van der Waals surface area contributed by atoms with E-state index in [4.69, 9.17) is 0 Å². The van der Waals surface area contributed by atoms with Gasteiger partial charge in [0.05, 0.1) is 10.5 Å². The first-order chi connectivity index (χ1) is 5.65. The number of rotatable bonds is 2. The van der Waals surface area contributed by atoms with Gasteiger partial charge < -0.3 is 0 Å². The summed E-state index contributed by atoms with van der Waals surface area (Å²) in [5, 5.41) is 10.2. The van der Waals surface area contributed by atoms with E-state index >= 15 is 0 Å². The van der Waals surface area contributed by atoms with E-state index in [2.05, 4.69) is 20.9 Å². The molecule has 0 unspecified atom stereocenters. The van der Waals surface area contributed by atoms with Crippen LogP contribution in [0.4, 0.5) is 5.69 Å². The molecule has 1 rings (SSSR count). The van der Waals surface area contributed by atoms with Crippen LogP contribution in [0.5, 0.6) is 0 Å². The number of nitrogens with zero attached hydrogens (tertiary/aromatic N) is 2. The Morgan fingerprint density at radius 1 is 1.67 bits per heavy atom. The molecule has 0 bridgehead atoms. The van der Waals surface area contributed by atoms with Crippen molar-refractivity contribution in [3.05, 3.63) is 32.5 Å². The zero-order valence-electron chi connectivity index (χ0n) is 5.73. The SMILES string of the molecule is O=Cc1cc([N+](=O)[O-])cnc1Br. The second-order valence-electron chi connectivity index (χ2n) is 1.95. The zero-order valence-corrected chi connectivity index (χ0v) is 7.32. The van der Waals surface area contributed by atoms with E-state index < -0.39 is 4.92 Å². The van der Waals surface area contributed by atoms with Crippen LogP contribution in [0.15, 0.2) is 16.9 Å². The highest BCUT2D eigenvalue weighted by atomic mass is 79.9. The van der Waals surface area contributed by atoms with Crippen LogP contribution in [-0.2, 0) is 0 Å². The molecule has 0 saturated heterocycles. The fourth-order valence-corrected chi connectivity index (χ4v) is 0.946. The Balaban J connectivity index is 3.22. The second-order valence-corrected chi connectivity index (χ2v) is 2.70. The molecule has 0 aliphatic rings. The van der Waals surface area contributed by atoms with Gasteiger partial charge in [0.15, 0.2) is 6.29 Å². The molecular formula is C6H3BrN2O3. The van der Waals surface area contributed by atoms with Gasteiger partial charge in [-0.05, 0) is 15.9 Å². The van der Waals surface area contributed by atoms with Crippen LogP contribution in [0.2, 0.25) is 0 Å². The topological polar surface area (TPSA) is 73.1 Å². The van der Waals surface area contributed by atoms with Crippen LogP contribution in [0.1, 0.15) is 10.4 Å². The third-order valence-corrected chi connectivity index (χ3v) is 1.85. The molecule has 0 saturated carbocycles. The van der Waals surface area contributed by atoms with Crippen molar-refractivity contribution in [3.63, 3.8) is 0 Å². The minimum absolute atomic E-state index is 0.171. The van der Waals surface area contributed by atoms with E-state index in [1.54, 1.807) is 0 Å². The molecular weight excluding hydrogens is 228 g/mol. The standard InChI is InChI=1S/C6H3BrN2O3/c7-6-4(3-10)1-5(2-8-6)9(11)12/h1-3H. The largest absolute Gasteiger partial charge is 0.298 e. The van der Waals surface area contributed by atoms with Gasteiger partial charge in [0.25, 0.3) is 5.69 Å². The quantitative estimate of drug-likeness (QED) is 0.335. The van der Waals surface area contributed by atoms with Crippen molar-refractivity contribution in [2.45, 2.75) is 0 Å². The summed E-state index contributed by atoms with van der Waals surface area (Å²) in [6.07, 6.45) is 1.58. The summed E-state index contributed by atoms with van der Waals surface area (Å²) in [6.45, 7) is 0. The molecule has 0 aliphatic heterocycles. The first kappa shape index (κ1) is 8.79. The maximum atomic E-state index is 10.3. The van der Waals surface area contributed by atoms with Crippen molar-refractivity contribution in [1.82, 2.24) is 4.98 Å². The molecule has 0 aromatic carbocycles. The molecule has 6 heteroatoms. The van der Waals surface area contributed by atoms with Crippen molar-refractivity contribution in [3.8, 4) is 0 Å². The number of hydrogen-bond donors (Lipinski definition) is 0. The van der Waals surface area contributed by atoms with Crippen LogP contribution in [-0.4, -0.2) is 16.2 Å². The number of hydrogen-bond acceptors (Lipinski definition) is 4. The van der Waals surface area contributed by atoms with Gasteiger partial charge >= 0.3 is 0 Å². The van der Waals surface area contributed by atoms with Gasteiger partial charge in [-0.25, -0.2) is 4.98 Å². The molecule has 5 nitrogen and oxygen atoms in total. The van der Waals surface area contributed by atoms with Gasteiger partial charge in [0, 0.05) is 6.07 Å². The van der Waals surface area contributed by atoms with E-state index in [0.29, 0.717) is 10.9 Å². The normalized spacial score (nSPS) is 9.42. The number of carbonyl (C=O) groups excluding carboxylic acids is 1. The molecule has 0 fully saturated rings. The molecule has 1 aromatic rings. The predicted molar refractivity (Wildman–Crippen MR) is 44.0 cm³/mol. The summed E-state index contributed by atoms with van der Waals surface area (Å²) < 4.78 is 0.308. The Kier molecular flexibility index (Phi) is 2.49. The lowest BCUT2D eigenvalue weighted by atomic mass is 10.3. The van der Waals surface area contributed by atoms with E-state index in [1.165, 1.54) is 0 Å². The molecule has 0 amide bonds. The van der Waals surface area contributed by atoms with Crippen LogP contribution in [0.25, 0.3) is 0 Å². The molecule has 1 aromatic heterocycles. The number of pyridine rings is 1. The Hall–Kier alpha value is -1.30. The Bertz CT molecular complexity index is 340. The van der Waals surface area contributed by atoms with E-state index in [0.717, 1.165) is 12.3 Å². The van der Waals surface area contributed by atoms with Crippen molar-refractivity contribution >= 4 is 27.9 Å². The van der Waals surface area contributed by atoms with Crippen molar-refractivity contribution in [2.75, 3.05) is 0 Å². The first-order valence-electron chi connectivity index (χ1n) is 2.90. The Morgan fingerprint density at radius 3 is 2.83 bits per heavy atom. The van der Waals surface area contributed by atoms with E-state index in [-0.39, 0.29) is 11.3 Å². The summed E-state index contributed by atoms with van der Waals surface area (Å²) in [5.74, 6) is 0. The van der Waals surface area contributed by atoms with Crippen LogP contribution >= 0.6 is 15.9 Å². The van der Waals surface area contributed by atoms with Gasteiger partial charge in [0.2, 0.25) is 0 Å². The van der Waals surface area contributed by atoms with Gasteiger partial charge in [-0.3, -0.25) is 14.9 Å².